The third-order valence-corrected chi connectivity index (χ3v) is 5.38. The SMILES string of the molecule is CCCCCOc1ccc(C(=O)NC(=S)Nc2cccc(C(=O)N(C)c3ccccc3)c2)cc1. The number of hydrogen-bond acceptors (Lipinski definition) is 4. The van der Waals surface area contributed by atoms with Crippen LogP contribution >= 0.6 is 12.2 Å². The molecule has 2 amide bonds. The number of thiocarbonyl (C=S) groups is 1. The van der Waals surface area contributed by atoms with Crippen LogP contribution in [0.4, 0.5) is 11.4 Å². The van der Waals surface area contributed by atoms with Crippen LogP contribution in [0.15, 0.2) is 78.9 Å². The van der Waals surface area contributed by atoms with E-state index < -0.39 is 0 Å². The smallest absolute Gasteiger partial charge is 0.258 e. The third kappa shape index (κ3) is 7.15. The number of benzene rings is 3. The van der Waals surface area contributed by atoms with E-state index in [1.165, 1.54) is 0 Å². The first kappa shape index (κ1) is 24.9. The minimum absolute atomic E-state index is 0.144. The van der Waals surface area contributed by atoms with Crippen molar-refractivity contribution in [1.82, 2.24) is 5.32 Å². The molecule has 0 heterocycles. The quantitative estimate of drug-likeness (QED) is 0.309. The molecule has 6 nitrogen and oxygen atoms in total. The van der Waals surface area contributed by atoms with Crippen LogP contribution < -0.4 is 20.3 Å². The number of carbonyl (C=O) groups is 2. The van der Waals surface area contributed by atoms with Crippen LogP contribution in [0.2, 0.25) is 0 Å². The van der Waals surface area contributed by atoms with E-state index in [1.807, 2.05) is 30.3 Å². The van der Waals surface area contributed by atoms with Crippen molar-refractivity contribution in [3.63, 3.8) is 0 Å². The van der Waals surface area contributed by atoms with Crippen LogP contribution in [0.5, 0.6) is 5.75 Å². The topological polar surface area (TPSA) is 70.7 Å². The van der Waals surface area contributed by atoms with Gasteiger partial charge in [-0.05, 0) is 73.2 Å². The summed E-state index contributed by atoms with van der Waals surface area (Å²) in [5.74, 6) is 0.253. The normalized spacial score (nSPS) is 10.3. The lowest BCUT2D eigenvalue weighted by atomic mass is 10.1. The monoisotopic (exact) mass is 475 g/mol. The van der Waals surface area contributed by atoms with Gasteiger partial charge < -0.3 is 15.0 Å². The van der Waals surface area contributed by atoms with Crippen LogP contribution in [0, 0.1) is 0 Å². The number of para-hydroxylation sites is 1. The molecule has 0 saturated carbocycles. The summed E-state index contributed by atoms with van der Waals surface area (Å²) in [7, 11) is 1.73. The van der Waals surface area contributed by atoms with Gasteiger partial charge >= 0.3 is 0 Å². The maximum absolute atomic E-state index is 12.9. The third-order valence-electron chi connectivity index (χ3n) is 5.18. The summed E-state index contributed by atoms with van der Waals surface area (Å²) in [6.45, 7) is 2.81. The van der Waals surface area contributed by atoms with Crippen LogP contribution in [-0.4, -0.2) is 30.6 Å². The molecule has 0 bridgehead atoms. The van der Waals surface area contributed by atoms with E-state index in [2.05, 4.69) is 17.6 Å². The largest absolute Gasteiger partial charge is 0.494 e. The van der Waals surface area contributed by atoms with Crippen molar-refractivity contribution in [2.75, 3.05) is 23.9 Å². The van der Waals surface area contributed by atoms with Crippen LogP contribution in [0.1, 0.15) is 46.9 Å². The van der Waals surface area contributed by atoms with Crippen molar-refractivity contribution in [2.45, 2.75) is 26.2 Å². The predicted octanol–water partition coefficient (Wildman–Crippen LogP) is 5.66. The minimum atomic E-state index is -0.328. The molecule has 0 aliphatic rings. The summed E-state index contributed by atoms with van der Waals surface area (Å²) in [6.07, 6.45) is 3.28. The molecule has 0 spiro atoms. The summed E-state index contributed by atoms with van der Waals surface area (Å²) in [5, 5.41) is 5.78. The fraction of sp³-hybridized carbons (Fsp3) is 0.222. The minimum Gasteiger partial charge on any atom is -0.494 e. The summed E-state index contributed by atoms with van der Waals surface area (Å²) in [6, 6.07) is 23.3. The first-order valence-electron chi connectivity index (χ1n) is 11.3. The fourth-order valence-electron chi connectivity index (χ4n) is 3.27. The molecule has 2 N–H and O–H groups in total. The van der Waals surface area contributed by atoms with E-state index in [0.717, 1.165) is 30.7 Å². The number of unbranched alkanes of at least 4 members (excludes halogenated alkanes) is 2. The zero-order chi connectivity index (χ0) is 24.3. The number of carbonyl (C=O) groups excluding carboxylic acids is 2. The van der Waals surface area contributed by atoms with Gasteiger partial charge in [0.25, 0.3) is 11.8 Å². The van der Waals surface area contributed by atoms with Gasteiger partial charge in [-0.15, -0.1) is 0 Å². The van der Waals surface area contributed by atoms with Crippen LogP contribution in [0.3, 0.4) is 0 Å². The van der Waals surface area contributed by atoms with Crippen LogP contribution in [-0.2, 0) is 0 Å². The van der Waals surface area contributed by atoms with E-state index in [-0.39, 0.29) is 16.9 Å². The van der Waals surface area contributed by atoms with Gasteiger partial charge in [0.05, 0.1) is 6.61 Å². The summed E-state index contributed by atoms with van der Waals surface area (Å²) >= 11 is 5.29. The van der Waals surface area contributed by atoms with E-state index >= 15 is 0 Å². The number of amides is 2. The van der Waals surface area contributed by atoms with Gasteiger partial charge in [0.15, 0.2) is 5.11 Å². The Balaban J connectivity index is 1.55. The number of hydrogen-bond donors (Lipinski definition) is 2. The van der Waals surface area contributed by atoms with Crippen molar-refractivity contribution in [3.05, 3.63) is 90.0 Å². The molecule has 0 aliphatic heterocycles. The second-order valence-electron chi connectivity index (χ2n) is 7.77. The van der Waals surface area contributed by atoms with Crippen molar-refractivity contribution < 1.29 is 14.3 Å². The molecule has 0 radical (unpaired) electrons. The van der Waals surface area contributed by atoms with Gasteiger partial charge in [-0.25, -0.2) is 0 Å². The molecule has 0 aliphatic carbocycles. The van der Waals surface area contributed by atoms with Crippen molar-refractivity contribution in [2.24, 2.45) is 0 Å². The highest BCUT2D eigenvalue weighted by molar-refractivity contribution is 7.80. The van der Waals surface area contributed by atoms with E-state index in [4.69, 9.17) is 17.0 Å². The van der Waals surface area contributed by atoms with E-state index in [0.29, 0.717) is 23.4 Å². The highest BCUT2D eigenvalue weighted by Crippen LogP contribution is 2.18. The van der Waals surface area contributed by atoms with Crippen molar-refractivity contribution in [3.8, 4) is 5.75 Å². The summed E-state index contributed by atoms with van der Waals surface area (Å²) < 4.78 is 5.68. The summed E-state index contributed by atoms with van der Waals surface area (Å²) in [4.78, 5) is 27.0. The molecule has 0 saturated heterocycles. The zero-order valence-electron chi connectivity index (χ0n) is 19.4. The highest BCUT2D eigenvalue weighted by atomic mass is 32.1. The number of nitrogens with zero attached hydrogens (tertiary/aromatic N) is 1. The standard InChI is InChI=1S/C27H29N3O3S/c1-3-4-8-18-33-24-16-14-20(15-17-24)25(31)29-27(34)28-22-11-9-10-21(19-22)26(32)30(2)23-12-6-5-7-13-23/h5-7,9-17,19H,3-4,8,18H2,1-2H3,(H2,28,29,31,34). The van der Waals surface area contributed by atoms with Crippen molar-refractivity contribution in [1.29, 1.82) is 0 Å². The Morgan fingerprint density at radius 3 is 2.35 bits per heavy atom. The molecule has 3 aromatic carbocycles. The molecular formula is C27H29N3O3S. The van der Waals surface area contributed by atoms with Gasteiger partial charge in [0, 0.05) is 29.5 Å². The number of ether oxygens (including phenoxy) is 1. The Morgan fingerprint density at radius 1 is 0.912 bits per heavy atom. The van der Waals surface area contributed by atoms with Gasteiger partial charge in [-0.3, -0.25) is 14.9 Å². The molecule has 0 fully saturated rings. The number of nitrogens with one attached hydrogen (secondary N) is 2. The van der Waals surface area contributed by atoms with Crippen molar-refractivity contribution >= 4 is 40.5 Å². The fourth-order valence-corrected chi connectivity index (χ4v) is 3.49. The molecule has 176 valence electrons. The molecule has 3 rings (SSSR count). The lowest BCUT2D eigenvalue weighted by molar-refractivity contribution is 0.0974. The maximum Gasteiger partial charge on any atom is 0.258 e. The van der Waals surface area contributed by atoms with Gasteiger partial charge in [-0.2, -0.15) is 0 Å². The number of rotatable bonds is 9. The maximum atomic E-state index is 12.9. The van der Waals surface area contributed by atoms with Gasteiger partial charge in [-0.1, -0.05) is 44.0 Å². The Kier molecular flexibility index (Phi) is 9.17. The average molecular weight is 476 g/mol. The first-order chi connectivity index (χ1) is 16.5. The Bertz CT molecular complexity index is 1120. The lowest BCUT2D eigenvalue weighted by Gasteiger charge is -2.18. The Hall–Kier alpha value is -3.71. The second-order valence-corrected chi connectivity index (χ2v) is 8.18. The highest BCUT2D eigenvalue weighted by Gasteiger charge is 2.14. The Morgan fingerprint density at radius 2 is 1.65 bits per heavy atom. The Labute approximate surface area is 205 Å². The molecule has 34 heavy (non-hydrogen) atoms. The predicted molar refractivity (Wildman–Crippen MR) is 141 cm³/mol. The van der Waals surface area contributed by atoms with Crippen LogP contribution in [0.25, 0.3) is 0 Å². The molecule has 7 heteroatoms. The zero-order valence-corrected chi connectivity index (χ0v) is 20.2. The average Bonchev–Trinajstić information content (AvgIpc) is 2.86. The molecule has 0 atom stereocenters. The van der Waals surface area contributed by atoms with E-state index in [9.17, 15) is 9.59 Å². The molecular weight excluding hydrogens is 446 g/mol. The van der Waals surface area contributed by atoms with E-state index in [1.54, 1.807) is 60.5 Å². The lowest BCUT2D eigenvalue weighted by Crippen LogP contribution is -2.34. The second kappa shape index (κ2) is 12.5. The summed E-state index contributed by atoms with van der Waals surface area (Å²) in [5.41, 5.74) is 2.37. The first-order valence-corrected chi connectivity index (χ1v) is 11.7. The molecule has 3 aromatic rings. The molecule has 0 unspecified atom stereocenters. The van der Waals surface area contributed by atoms with Gasteiger partial charge in [0.2, 0.25) is 0 Å². The molecule has 0 aromatic heterocycles. The van der Waals surface area contributed by atoms with Gasteiger partial charge in [0.1, 0.15) is 5.75 Å². The number of anilines is 2.